The molecule has 1 unspecified atom stereocenters. The Bertz CT molecular complexity index is 647. The Kier molecular flexibility index (Phi) is 4.95. The summed E-state index contributed by atoms with van der Waals surface area (Å²) in [5.74, 6) is -0.699. The van der Waals surface area contributed by atoms with Gasteiger partial charge in [0.2, 0.25) is 5.91 Å². The van der Waals surface area contributed by atoms with Crippen molar-refractivity contribution in [3.05, 3.63) is 23.0 Å². The van der Waals surface area contributed by atoms with E-state index in [1.807, 2.05) is 29.8 Å². The predicted octanol–water partition coefficient (Wildman–Crippen LogP) is 1.86. The SMILES string of the molecule is Cc1cn2c(CC(=O)NCC(C)CCC(=O)O)csc2n1. The molecule has 0 saturated heterocycles. The molecule has 0 fully saturated rings. The van der Waals surface area contributed by atoms with Crippen molar-refractivity contribution in [3.8, 4) is 0 Å². The van der Waals surface area contributed by atoms with E-state index >= 15 is 0 Å². The second-order valence-corrected chi connectivity index (χ2v) is 6.12. The van der Waals surface area contributed by atoms with E-state index in [9.17, 15) is 9.59 Å². The average molecular weight is 309 g/mol. The Balaban J connectivity index is 1.83. The zero-order valence-corrected chi connectivity index (χ0v) is 12.9. The topological polar surface area (TPSA) is 83.7 Å². The van der Waals surface area contributed by atoms with E-state index < -0.39 is 5.97 Å². The Morgan fingerprint density at radius 3 is 3.00 bits per heavy atom. The second kappa shape index (κ2) is 6.71. The molecule has 2 N–H and O–H groups in total. The third-order valence-electron chi connectivity index (χ3n) is 3.24. The van der Waals surface area contributed by atoms with Crippen molar-refractivity contribution in [2.45, 2.75) is 33.1 Å². The summed E-state index contributed by atoms with van der Waals surface area (Å²) in [5, 5.41) is 13.4. The lowest BCUT2D eigenvalue weighted by Crippen LogP contribution is -2.30. The van der Waals surface area contributed by atoms with Crippen LogP contribution in [0.3, 0.4) is 0 Å². The van der Waals surface area contributed by atoms with Crippen LogP contribution in [0.2, 0.25) is 0 Å². The highest BCUT2D eigenvalue weighted by atomic mass is 32.1. The van der Waals surface area contributed by atoms with E-state index in [2.05, 4.69) is 10.3 Å². The second-order valence-electron chi connectivity index (χ2n) is 5.28. The number of nitrogens with one attached hydrogen (secondary N) is 1. The summed E-state index contributed by atoms with van der Waals surface area (Å²) in [7, 11) is 0. The van der Waals surface area contributed by atoms with E-state index in [0.717, 1.165) is 16.3 Å². The fourth-order valence-corrected chi connectivity index (χ4v) is 2.97. The van der Waals surface area contributed by atoms with Crippen molar-refractivity contribution in [2.75, 3.05) is 6.54 Å². The maximum atomic E-state index is 11.9. The van der Waals surface area contributed by atoms with Crippen molar-refractivity contribution < 1.29 is 14.7 Å². The molecule has 0 saturated carbocycles. The first kappa shape index (κ1) is 15.5. The number of aromatic nitrogens is 2. The molecule has 0 aliphatic heterocycles. The molecule has 114 valence electrons. The number of carbonyl (C=O) groups is 2. The van der Waals surface area contributed by atoms with Gasteiger partial charge < -0.3 is 10.4 Å². The van der Waals surface area contributed by atoms with Crippen LogP contribution in [0, 0.1) is 12.8 Å². The van der Waals surface area contributed by atoms with Gasteiger partial charge in [-0.1, -0.05) is 6.92 Å². The normalized spacial score (nSPS) is 12.5. The lowest BCUT2D eigenvalue weighted by Gasteiger charge is -2.11. The summed E-state index contributed by atoms with van der Waals surface area (Å²) in [6.07, 6.45) is 2.93. The van der Waals surface area contributed by atoms with Crippen LogP contribution < -0.4 is 5.32 Å². The highest BCUT2D eigenvalue weighted by Gasteiger charge is 2.12. The summed E-state index contributed by atoms with van der Waals surface area (Å²) < 4.78 is 1.94. The van der Waals surface area contributed by atoms with Crippen LogP contribution in [0.15, 0.2) is 11.6 Å². The number of imidazole rings is 1. The third-order valence-corrected chi connectivity index (χ3v) is 4.13. The van der Waals surface area contributed by atoms with E-state index in [-0.39, 0.29) is 18.2 Å². The van der Waals surface area contributed by atoms with Crippen molar-refractivity contribution >= 4 is 28.2 Å². The molecule has 1 amide bonds. The monoisotopic (exact) mass is 309 g/mol. The number of carbonyl (C=O) groups excluding carboxylic acids is 1. The molecule has 2 aromatic rings. The highest BCUT2D eigenvalue weighted by Crippen LogP contribution is 2.16. The number of carboxylic acid groups (broad SMARTS) is 1. The van der Waals surface area contributed by atoms with E-state index in [0.29, 0.717) is 19.4 Å². The zero-order valence-electron chi connectivity index (χ0n) is 12.1. The minimum atomic E-state index is -0.802. The molecule has 2 rings (SSSR count). The van der Waals surface area contributed by atoms with Crippen LogP contribution in [-0.4, -0.2) is 32.9 Å². The van der Waals surface area contributed by atoms with Crippen molar-refractivity contribution in [3.63, 3.8) is 0 Å². The van der Waals surface area contributed by atoms with Crippen molar-refractivity contribution in [1.82, 2.24) is 14.7 Å². The molecule has 0 radical (unpaired) electrons. The third kappa shape index (κ3) is 4.29. The molecule has 0 bridgehead atoms. The van der Waals surface area contributed by atoms with Gasteiger partial charge in [-0.3, -0.25) is 14.0 Å². The number of hydrogen-bond donors (Lipinski definition) is 2. The Morgan fingerprint density at radius 1 is 1.52 bits per heavy atom. The number of fused-ring (bicyclic) bond motifs is 1. The molecule has 6 nitrogen and oxygen atoms in total. The smallest absolute Gasteiger partial charge is 0.303 e. The number of rotatable bonds is 7. The molecule has 1 atom stereocenters. The maximum Gasteiger partial charge on any atom is 0.303 e. The summed E-state index contributed by atoms with van der Waals surface area (Å²) in [5.41, 5.74) is 1.86. The Hall–Kier alpha value is -1.89. The van der Waals surface area contributed by atoms with Crippen LogP contribution >= 0.6 is 11.3 Å². The standard InChI is InChI=1S/C14H19N3O3S/c1-9(3-4-13(19)20)6-15-12(18)5-11-8-21-14-16-10(2)7-17(11)14/h7-9H,3-6H2,1-2H3,(H,15,18)(H,19,20). The van der Waals surface area contributed by atoms with Gasteiger partial charge in [-0.2, -0.15) is 0 Å². The Morgan fingerprint density at radius 2 is 2.29 bits per heavy atom. The zero-order chi connectivity index (χ0) is 15.4. The van der Waals surface area contributed by atoms with Crippen LogP contribution in [0.25, 0.3) is 4.96 Å². The number of aliphatic carboxylic acids is 1. The number of thiazole rings is 1. The first-order chi connectivity index (χ1) is 9.95. The molecular weight excluding hydrogens is 290 g/mol. The molecule has 2 heterocycles. The molecule has 0 aliphatic rings. The molecule has 21 heavy (non-hydrogen) atoms. The minimum Gasteiger partial charge on any atom is -0.481 e. The number of hydrogen-bond acceptors (Lipinski definition) is 4. The van der Waals surface area contributed by atoms with Crippen LogP contribution in [0.5, 0.6) is 0 Å². The largest absolute Gasteiger partial charge is 0.481 e. The van der Waals surface area contributed by atoms with Gasteiger partial charge in [-0.25, -0.2) is 4.98 Å². The predicted molar refractivity (Wildman–Crippen MR) is 80.6 cm³/mol. The maximum absolute atomic E-state index is 11.9. The van der Waals surface area contributed by atoms with Gasteiger partial charge in [0.15, 0.2) is 4.96 Å². The van der Waals surface area contributed by atoms with Gasteiger partial charge in [0.25, 0.3) is 0 Å². The molecule has 2 aromatic heterocycles. The lowest BCUT2D eigenvalue weighted by molar-refractivity contribution is -0.137. The van der Waals surface area contributed by atoms with Crippen LogP contribution in [0.4, 0.5) is 0 Å². The quantitative estimate of drug-likeness (QED) is 0.818. The van der Waals surface area contributed by atoms with E-state index in [1.54, 1.807) is 0 Å². The number of carboxylic acids is 1. The van der Waals surface area contributed by atoms with E-state index in [1.165, 1.54) is 11.3 Å². The fourth-order valence-electron chi connectivity index (χ4n) is 2.06. The van der Waals surface area contributed by atoms with Gasteiger partial charge in [-0.05, 0) is 19.3 Å². The van der Waals surface area contributed by atoms with Crippen LogP contribution in [-0.2, 0) is 16.0 Å². The number of nitrogens with zero attached hydrogens (tertiary/aromatic N) is 2. The number of aryl methyl sites for hydroxylation is 1. The summed E-state index contributed by atoms with van der Waals surface area (Å²) >= 11 is 1.52. The lowest BCUT2D eigenvalue weighted by atomic mass is 10.1. The highest BCUT2D eigenvalue weighted by molar-refractivity contribution is 7.15. The minimum absolute atomic E-state index is 0.0526. The first-order valence-corrected chi connectivity index (χ1v) is 7.74. The van der Waals surface area contributed by atoms with Gasteiger partial charge in [0.05, 0.1) is 12.1 Å². The van der Waals surface area contributed by atoms with Gasteiger partial charge in [-0.15, -0.1) is 11.3 Å². The van der Waals surface area contributed by atoms with E-state index in [4.69, 9.17) is 5.11 Å². The Labute approximate surface area is 126 Å². The van der Waals surface area contributed by atoms with Crippen LogP contribution in [0.1, 0.15) is 31.2 Å². The summed E-state index contributed by atoms with van der Waals surface area (Å²) in [4.78, 5) is 27.7. The fraction of sp³-hybridized carbons (Fsp3) is 0.500. The van der Waals surface area contributed by atoms with Gasteiger partial charge in [0, 0.05) is 30.2 Å². The summed E-state index contributed by atoms with van der Waals surface area (Å²) in [6.45, 7) is 4.36. The van der Waals surface area contributed by atoms with Crippen molar-refractivity contribution in [2.24, 2.45) is 5.92 Å². The van der Waals surface area contributed by atoms with Crippen molar-refractivity contribution in [1.29, 1.82) is 0 Å². The molecule has 7 heteroatoms. The first-order valence-electron chi connectivity index (χ1n) is 6.86. The van der Waals surface area contributed by atoms with Gasteiger partial charge >= 0.3 is 5.97 Å². The molecular formula is C14H19N3O3S. The summed E-state index contributed by atoms with van der Waals surface area (Å²) in [6, 6.07) is 0. The molecule has 0 aliphatic carbocycles. The molecule has 0 aromatic carbocycles. The molecule has 0 spiro atoms. The van der Waals surface area contributed by atoms with Gasteiger partial charge in [0.1, 0.15) is 0 Å². The average Bonchev–Trinajstić information content (AvgIpc) is 2.94. The number of amides is 1.